The second-order valence-electron chi connectivity index (χ2n) is 4.79. The number of hydrogen-bond donors (Lipinski definition) is 1. The molecular weight excluding hydrogens is 271 g/mol. The monoisotopic (exact) mass is 289 g/mol. The van der Waals surface area contributed by atoms with Crippen molar-refractivity contribution >= 4 is 5.91 Å². The molecule has 0 saturated heterocycles. The molecule has 0 aliphatic carbocycles. The Labute approximate surface area is 116 Å². The predicted molar refractivity (Wildman–Crippen MR) is 69.0 cm³/mol. The first kappa shape index (κ1) is 16.5. The van der Waals surface area contributed by atoms with E-state index in [4.69, 9.17) is 5.11 Å². The van der Waals surface area contributed by atoms with Crippen LogP contribution in [0.3, 0.4) is 0 Å². The number of aliphatic hydroxyl groups is 1. The van der Waals surface area contributed by atoms with Crippen molar-refractivity contribution in [2.24, 2.45) is 5.92 Å². The van der Waals surface area contributed by atoms with Crippen molar-refractivity contribution < 1.29 is 23.1 Å². The molecule has 0 heterocycles. The molecule has 6 heteroatoms. The van der Waals surface area contributed by atoms with E-state index in [9.17, 15) is 18.0 Å². The highest BCUT2D eigenvalue weighted by molar-refractivity contribution is 5.78. The van der Waals surface area contributed by atoms with Crippen LogP contribution in [0, 0.1) is 5.92 Å². The molecule has 0 bridgehead atoms. The van der Waals surface area contributed by atoms with Crippen molar-refractivity contribution in [2.75, 3.05) is 20.2 Å². The SMILES string of the molecule is CC(Cc1cccc(C(F)(F)F)c1)C(=O)N(C)CCO. The zero-order valence-corrected chi connectivity index (χ0v) is 11.4. The molecule has 0 radical (unpaired) electrons. The molecule has 1 rings (SSSR count). The van der Waals surface area contributed by atoms with Crippen LogP contribution >= 0.6 is 0 Å². The lowest BCUT2D eigenvalue weighted by Gasteiger charge is -2.20. The molecule has 112 valence electrons. The van der Waals surface area contributed by atoms with Gasteiger partial charge < -0.3 is 10.0 Å². The van der Waals surface area contributed by atoms with Gasteiger partial charge in [-0.05, 0) is 18.1 Å². The second-order valence-corrected chi connectivity index (χ2v) is 4.79. The van der Waals surface area contributed by atoms with E-state index in [0.29, 0.717) is 5.56 Å². The van der Waals surface area contributed by atoms with Crippen molar-refractivity contribution in [3.8, 4) is 0 Å². The van der Waals surface area contributed by atoms with Crippen LogP contribution in [0.2, 0.25) is 0 Å². The van der Waals surface area contributed by atoms with Crippen LogP contribution in [0.15, 0.2) is 24.3 Å². The summed E-state index contributed by atoms with van der Waals surface area (Å²) in [7, 11) is 1.56. The molecule has 0 saturated carbocycles. The molecule has 0 spiro atoms. The number of nitrogens with zero attached hydrogens (tertiary/aromatic N) is 1. The van der Waals surface area contributed by atoms with Gasteiger partial charge in [0.25, 0.3) is 0 Å². The fourth-order valence-corrected chi connectivity index (χ4v) is 1.95. The minimum atomic E-state index is -4.38. The van der Waals surface area contributed by atoms with E-state index in [1.807, 2.05) is 0 Å². The lowest BCUT2D eigenvalue weighted by molar-refractivity contribution is -0.137. The molecule has 3 nitrogen and oxygen atoms in total. The number of amides is 1. The Kier molecular flexibility index (Phi) is 5.56. The zero-order valence-electron chi connectivity index (χ0n) is 11.4. The summed E-state index contributed by atoms with van der Waals surface area (Å²) in [5, 5.41) is 8.76. The number of alkyl halides is 3. The number of carbonyl (C=O) groups excluding carboxylic acids is 1. The average Bonchev–Trinajstić information content (AvgIpc) is 2.37. The quantitative estimate of drug-likeness (QED) is 0.904. The van der Waals surface area contributed by atoms with Gasteiger partial charge in [0.2, 0.25) is 5.91 Å². The van der Waals surface area contributed by atoms with Crippen LogP contribution in [-0.4, -0.2) is 36.1 Å². The highest BCUT2D eigenvalue weighted by Crippen LogP contribution is 2.30. The molecule has 1 N–H and O–H groups in total. The first-order valence-corrected chi connectivity index (χ1v) is 6.27. The maximum atomic E-state index is 12.6. The van der Waals surface area contributed by atoms with Crippen molar-refractivity contribution in [2.45, 2.75) is 19.5 Å². The van der Waals surface area contributed by atoms with E-state index in [-0.39, 0.29) is 25.5 Å². The molecule has 1 aromatic carbocycles. The standard InChI is InChI=1S/C14H18F3NO2/c1-10(13(20)18(2)6-7-19)8-11-4-3-5-12(9-11)14(15,16)17/h3-5,9-10,19H,6-8H2,1-2H3. The Hall–Kier alpha value is -1.56. The van der Waals surface area contributed by atoms with E-state index < -0.39 is 17.7 Å². The average molecular weight is 289 g/mol. The molecule has 1 atom stereocenters. The van der Waals surface area contributed by atoms with Crippen LogP contribution < -0.4 is 0 Å². The highest BCUT2D eigenvalue weighted by atomic mass is 19.4. The van der Waals surface area contributed by atoms with Gasteiger partial charge in [0.1, 0.15) is 0 Å². The number of likely N-dealkylation sites (N-methyl/N-ethyl adjacent to an activating group) is 1. The third kappa shape index (κ3) is 4.52. The summed E-state index contributed by atoms with van der Waals surface area (Å²) in [6.07, 6.45) is -4.14. The molecule has 1 unspecified atom stereocenters. The van der Waals surface area contributed by atoms with Crippen LogP contribution in [-0.2, 0) is 17.4 Å². The van der Waals surface area contributed by atoms with E-state index in [1.165, 1.54) is 11.0 Å². The number of rotatable bonds is 5. The number of halogens is 3. The van der Waals surface area contributed by atoms with Gasteiger partial charge in [-0.15, -0.1) is 0 Å². The molecule has 0 aromatic heterocycles. The van der Waals surface area contributed by atoms with Crippen LogP contribution in [0.25, 0.3) is 0 Å². The first-order valence-electron chi connectivity index (χ1n) is 6.27. The lowest BCUT2D eigenvalue weighted by Crippen LogP contribution is -2.34. The molecule has 20 heavy (non-hydrogen) atoms. The summed E-state index contributed by atoms with van der Waals surface area (Å²) < 4.78 is 37.8. The lowest BCUT2D eigenvalue weighted by atomic mass is 9.98. The number of benzene rings is 1. The van der Waals surface area contributed by atoms with E-state index in [0.717, 1.165) is 12.1 Å². The van der Waals surface area contributed by atoms with Crippen LogP contribution in [0.5, 0.6) is 0 Å². The third-order valence-corrected chi connectivity index (χ3v) is 3.03. The minimum Gasteiger partial charge on any atom is -0.395 e. The van der Waals surface area contributed by atoms with E-state index >= 15 is 0 Å². The molecule has 0 fully saturated rings. The molecule has 1 amide bonds. The summed E-state index contributed by atoms with van der Waals surface area (Å²) in [6, 6.07) is 4.99. The maximum absolute atomic E-state index is 12.6. The van der Waals surface area contributed by atoms with Crippen molar-refractivity contribution in [3.63, 3.8) is 0 Å². The van der Waals surface area contributed by atoms with Crippen molar-refractivity contribution in [1.29, 1.82) is 0 Å². The Morgan fingerprint density at radius 3 is 2.60 bits per heavy atom. The second kappa shape index (κ2) is 6.74. The summed E-state index contributed by atoms with van der Waals surface area (Å²) in [5.41, 5.74) is -0.239. The Balaban J connectivity index is 2.76. The minimum absolute atomic E-state index is 0.140. The Bertz CT molecular complexity index is 460. The third-order valence-electron chi connectivity index (χ3n) is 3.03. The van der Waals surface area contributed by atoms with Crippen LogP contribution in [0.4, 0.5) is 13.2 Å². The number of hydrogen-bond acceptors (Lipinski definition) is 2. The van der Waals surface area contributed by atoms with Gasteiger partial charge in [-0.25, -0.2) is 0 Å². The normalized spacial score (nSPS) is 13.1. The zero-order chi connectivity index (χ0) is 15.3. The van der Waals surface area contributed by atoms with Crippen molar-refractivity contribution in [3.05, 3.63) is 35.4 Å². The predicted octanol–water partition coefficient (Wildman–Crippen LogP) is 2.33. The summed E-state index contributed by atoms with van der Waals surface area (Å²) in [6.45, 7) is 1.74. The van der Waals surface area contributed by atoms with Gasteiger partial charge in [0.15, 0.2) is 0 Å². The Morgan fingerprint density at radius 2 is 2.05 bits per heavy atom. The summed E-state index contributed by atoms with van der Waals surface area (Å²) in [5.74, 6) is -0.633. The summed E-state index contributed by atoms with van der Waals surface area (Å²) in [4.78, 5) is 13.3. The molecule has 1 aromatic rings. The topological polar surface area (TPSA) is 40.5 Å². The van der Waals surface area contributed by atoms with E-state index in [2.05, 4.69) is 0 Å². The molecule has 0 aliphatic rings. The first-order chi connectivity index (χ1) is 9.25. The largest absolute Gasteiger partial charge is 0.416 e. The number of aliphatic hydroxyl groups excluding tert-OH is 1. The summed E-state index contributed by atoms with van der Waals surface area (Å²) >= 11 is 0. The fraction of sp³-hybridized carbons (Fsp3) is 0.500. The highest BCUT2D eigenvalue weighted by Gasteiger charge is 2.30. The van der Waals surface area contributed by atoms with Gasteiger partial charge in [-0.3, -0.25) is 4.79 Å². The van der Waals surface area contributed by atoms with Gasteiger partial charge in [0, 0.05) is 19.5 Å². The smallest absolute Gasteiger partial charge is 0.395 e. The molecular formula is C14H18F3NO2. The van der Waals surface area contributed by atoms with Gasteiger partial charge in [0.05, 0.1) is 12.2 Å². The number of carbonyl (C=O) groups is 1. The Morgan fingerprint density at radius 1 is 1.40 bits per heavy atom. The van der Waals surface area contributed by atoms with Gasteiger partial charge in [-0.1, -0.05) is 25.1 Å². The fourth-order valence-electron chi connectivity index (χ4n) is 1.95. The maximum Gasteiger partial charge on any atom is 0.416 e. The van der Waals surface area contributed by atoms with Gasteiger partial charge >= 0.3 is 6.18 Å². The van der Waals surface area contributed by atoms with Crippen LogP contribution in [0.1, 0.15) is 18.1 Å². The van der Waals surface area contributed by atoms with Gasteiger partial charge in [-0.2, -0.15) is 13.2 Å². The van der Waals surface area contributed by atoms with Crippen molar-refractivity contribution in [1.82, 2.24) is 4.90 Å². The molecule has 0 aliphatic heterocycles. The van der Waals surface area contributed by atoms with E-state index in [1.54, 1.807) is 20.0 Å².